The largest absolute Gasteiger partial charge is 1.00 e. The van der Waals surface area contributed by atoms with E-state index in [0.29, 0.717) is 5.92 Å². The lowest BCUT2D eigenvalue weighted by Gasteiger charge is -2.30. The normalized spacial score (nSPS) is 13.9. The SMILES string of the molecule is CCCC[P+](CCCC)(CCCC)C/C(=C\[C@H](C)CO[Si](CC)(CC)CC)CC.[Br-]. The van der Waals surface area contributed by atoms with Crippen LogP contribution in [0, 0.1) is 5.92 Å². The van der Waals surface area contributed by atoms with Gasteiger partial charge in [0.15, 0.2) is 8.32 Å². The van der Waals surface area contributed by atoms with Gasteiger partial charge in [0.2, 0.25) is 0 Å². The number of hydrogen-bond donors (Lipinski definition) is 0. The first-order chi connectivity index (χ1) is 13.9. The van der Waals surface area contributed by atoms with Crippen LogP contribution in [0.4, 0.5) is 0 Å². The van der Waals surface area contributed by atoms with Crippen molar-refractivity contribution in [2.45, 2.75) is 118 Å². The van der Waals surface area contributed by atoms with E-state index in [4.69, 9.17) is 4.43 Å². The van der Waals surface area contributed by atoms with Crippen LogP contribution in [0.2, 0.25) is 18.1 Å². The Hall–Kier alpha value is 0.827. The Labute approximate surface area is 203 Å². The fourth-order valence-electron chi connectivity index (χ4n) is 4.58. The molecule has 0 aromatic rings. The summed E-state index contributed by atoms with van der Waals surface area (Å²) in [6, 6.07) is 3.78. The van der Waals surface area contributed by atoms with Gasteiger partial charge in [-0.25, -0.2) is 0 Å². The molecule has 0 bridgehead atoms. The maximum Gasteiger partial charge on any atom is 0.192 e. The van der Waals surface area contributed by atoms with Crippen molar-refractivity contribution in [2.75, 3.05) is 31.3 Å². The molecule has 0 saturated carbocycles. The zero-order chi connectivity index (χ0) is 22.2. The lowest BCUT2D eigenvalue weighted by atomic mass is 10.1. The molecule has 0 saturated heterocycles. The number of rotatable bonds is 19. The molecule has 30 heavy (non-hydrogen) atoms. The molecule has 1 nitrogen and oxygen atoms in total. The van der Waals surface area contributed by atoms with E-state index in [1.165, 1.54) is 87.7 Å². The van der Waals surface area contributed by atoms with E-state index in [-0.39, 0.29) is 17.0 Å². The topological polar surface area (TPSA) is 9.23 Å². The smallest absolute Gasteiger partial charge is 0.192 e. The van der Waals surface area contributed by atoms with Crippen LogP contribution in [0.5, 0.6) is 0 Å². The van der Waals surface area contributed by atoms with Crippen molar-refractivity contribution >= 4 is 15.6 Å². The minimum atomic E-state index is -1.46. The summed E-state index contributed by atoms with van der Waals surface area (Å²) in [6.45, 7) is 19.8. The second-order valence-corrected chi connectivity index (χ2v) is 18.6. The summed E-state index contributed by atoms with van der Waals surface area (Å²) >= 11 is 0. The van der Waals surface area contributed by atoms with Crippen molar-refractivity contribution in [3.63, 3.8) is 0 Å². The minimum Gasteiger partial charge on any atom is -1.00 e. The number of halogens is 1. The van der Waals surface area contributed by atoms with Crippen LogP contribution in [0.15, 0.2) is 11.6 Å². The van der Waals surface area contributed by atoms with Crippen molar-refractivity contribution in [3.8, 4) is 0 Å². The average Bonchev–Trinajstić information content (AvgIpc) is 2.75. The molecular formula is C26H56BrOPSi. The number of unbranched alkanes of at least 4 members (excludes halogenated alkanes) is 3. The second-order valence-electron chi connectivity index (χ2n) is 9.44. The molecule has 182 valence electrons. The molecule has 0 heterocycles. The fourth-order valence-corrected chi connectivity index (χ4v) is 12.6. The summed E-state index contributed by atoms with van der Waals surface area (Å²) in [6.07, 6.45) is 18.3. The molecule has 1 atom stereocenters. The van der Waals surface area contributed by atoms with Gasteiger partial charge in [-0.15, -0.1) is 0 Å². The Kier molecular flexibility index (Phi) is 21.2. The van der Waals surface area contributed by atoms with Crippen LogP contribution in [-0.2, 0) is 4.43 Å². The molecule has 0 aromatic carbocycles. The summed E-state index contributed by atoms with van der Waals surface area (Å²) in [4.78, 5) is 0. The zero-order valence-electron chi connectivity index (χ0n) is 22.0. The van der Waals surface area contributed by atoms with Gasteiger partial charge in [-0.05, 0) is 55.3 Å². The van der Waals surface area contributed by atoms with E-state index < -0.39 is 15.6 Å². The van der Waals surface area contributed by atoms with E-state index >= 15 is 0 Å². The molecule has 0 aromatic heterocycles. The zero-order valence-corrected chi connectivity index (χ0v) is 25.5. The van der Waals surface area contributed by atoms with Gasteiger partial charge >= 0.3 is 0 Å². The van der Waals surface area contributed by atoms with Gasteiger partial charge in [-0.3, -0.25) is 0 Å². The summed E-state index contributed by atoms with van der Waals surface area (Å²) in [5, 5.41) is 0. The molecule has 0 aliphatic rings. The van der Waals surface area contributed by atoms with Gasteiger partial charge < -0.3 is 21.4 Å². The molecule has 0 aliphatic heterocycles. The van der Waals surface area contributed by atoms with Crippen LogP contribution in [0.25, 0.3) is 0 Å². The number of hydrogen-bond acceptors (Lipinski definition) is 1. The third-order valence-corrected chi connectivity index (χ3v) is 16.6. The van der Waals surface area contributed by atoms with Crippen molar-refractivity contribution < 1.29 is 21.4 Å². The Morgan fingerprint density at radius 1 is 0.800 bits per heavy atom. The van der Waals surface area contributed by atoms with Crippen molar-refractivity contribution in [1.29, 1.82) is 0 Å². The van der Waals surface area contributed by atoms with Crippen LogP contribution in [0.3, 0.4) is 0 Å². The quantitative estimate of drug-likeness (QED) is 0.108. The van der Waals surface area contributed by atoms with Crippen LogP contribution < -0.4 is 17.0 Å². The number of allylic oxidation sites excluding steroid dienone is 1. The lowest BCUT2D eigenvalue weighted by molar-refractivity contribution is -0.00000749. The highest BCUT2D eigenvalue weighted by Gasteiger charge is 2.36. The first-order valence-electron chi connectivity index (χ1n) is 13.1. The van der Waals surface area contributed by atoms with Crippen LogP contribution in [0.1, 0.15) is 100 Å². The lowest BCUT2D eigenvalue weighted by Crippen LogP contribution is -3.00. The predicted octanol–water partition coefficient (Wildman–Crippen LogP) is 6.40. The predicted molar refractivity (Wildman–Crippen MR) is 142 cm³/mol. The Balaban J connectivity index is 0. The van der Waals surface area contributed by atoms with Gasteiger partial charge in [-0.2, -0.15) is 0 Å². The van der Waals surface area contributed by atoms with E-state index in [1.54, 1.807) is 5.57 Å². The molecule has 0 fully saturated rings. The molecule has 0 aliphatic carbocycles. The standard InChI is InChI=1S/C26H56OPSi.BrH/c1-9-16-19-28(20-17-10-2,21-18-11-3)24-26(12-4)22-25(8)23-27-29(13-5,14-6)15-7;/h22,25H,9-21,23-24H2,1-8H3;1H/q+1;/p-1/b26-22-;/t25-;/m0./s1. The maximum atomic E-state index is 6.61. The minimum absolute atomic E-state index is 0. The van der Waals surface area contributed by atoms with Gasteiger partial charge in [0.05, 0.1) is 24.6 Å². The summed E-state index contributed by atoms with van der Waals surface area (Å²) < 4.78 is 6.61. The van der Waals surface area contributed by atoms with Crippen molar-refractivity contribution in [2.24, 2.45) is 5.92 Å². The van der Waals surface area contributed by atoms with E-state index in [1.807, 2.05) is 0 Å². The molecule has 0 N–H and O–H groups in total. The Morgan fingerprint density at radius 2 is 1.23 bits per heavy atom. The average molecular weight is 524 g/mol. The van der Waals surface area contributed by atoms with Gasteiger partial charge in [0.25, 0.3) is 0 Å². The molecule has 0 rings (SSSR count). The van der Waals surface area contributed by atoms with Crippen LogP contribution in [-0.4, -0.2) is 39.6 Å². The summed E-state index contributed by atoms with van der Waals surface area (Å²) in [7, 11) is -2.31. The first-order valence-corrected chi connectivity index (χ1v) is 18.1. The van der Waals surface area contributed by atoms with Gasteiger partial charge in [-0.1, -0.05) is 80.7 Å². The highest BCUT2D eigenvalue weighted by atomic mass is 79.9. The van der Waals surface area contributed by atoms with E-state index in [0.717, 1.165) is 6.61 Å². The van der Waals surface area contributed by atoms with Gasteiger partial charge in [0.1, 0.15) is 0 Å². The fraction of sp³-hybridized carbons (Fsp3) is 0.923. The molecule has 0 spiro atoms. The van der Waals surface area contributed by atoms with Crippen molar-refractivity contribution in [1.82, 2.24) is 0 Å². The highest BCUT2D eigenvalue weighted by Crippen LogP contribution is 2.62. The first kappa shape index (κ1) is 33.0. The Bertz CT molecular complexity index is 393. The van der Waals surface area contributed by atoms with Crippen molar-refractivity contribution in [3.05, 3.63) is 11.6 Å². The van der Waals surface area contributed by atoms with Gasteiger partial charge in [0, 0.05) is 13.9 Å². The van der Waals surface area contributed by atoms with Crippen LogP contribution >= 0.6 is 7.26 Å². The monoisotopic (exact) mass is 522 g/mol. The summed E-state index contributed by atoms with van der Waals surface area (Å²) in [5.41, 5.74) is 1.74. The van der Waals surface area contributed by atoms with E-state index in [2.05, 4.69) is 61.5 Å². The second kappa shape index (κ2) is 19.3. The molecule has 0 amide bonds. The molecule has 0 unspecified atom stereocenters. The highest BCUT2D eigenvalue weighted by molar-refractivity contribution is 7.76. The third-order valence-electron chi connectivity index (χ3n) is 7.06. The molecular weight excluding hydrogens is 467 g/mol. The molecule has 0 radical (unpaired) electrons. The maximum absolute atomic E-state index is 6.61. The molecule has 4 heteroatoms. The summed E-state index contributed by atoms with van der Waals surface area (Å²) in [5.74, 6) is 0.562. The van der Waals surface area contributed by atoms with E-state index in [9.17, 15) is 0 Å². The third kappa shape index (κ3) is 12.8. The Morgan fingerprint density at radius 3 is 1.57 bits per heavy atom.